The summed E-state index contributed by atoms with van der Waals surface area (Å²) >= 11 is 0. The molecule has 2 atom stereocenters. The molecule has 2 aliphatic rings. The number of ether oxygens (including phenoxy) is 1. The number of piperidine rings is 1. The van der Waals surface area contributed by atoms with Crippen molar-refractivity contribution in [3.8, 4) is 11.1 Å². The number of amidine groups is 1. The zero-order valence-electron chi connectivity index (χ0n) is 24.0. The number of urea groups is 1. The molecule has 2 heterocycles. The predicted molar refractivity (Wildman–Crippen MR) is 155 cm³/mol. The standard InChI is InChI=1S/C29H36N4O7S/c1-18(2)41(38,39)21-13-11-20(12-14-21)22-9-7-8-10-23(22)33-25(34)30-24(31-26(35)40-28(4,5)6)29(33)15-16-32(27(36)37)19(3)17-29/h7-14,18-19H,15-17H2,1-6H3,(H,36,37)(H,30,31,34,35)/t19-,29+/m0/s1. The van der Waals surface area contributed by atoms with Gasteiger partial charge in [0.2, 0.25) is 0 Å². The predicted octanol–water partition coefficient (Wildman–Crippen LogP) is 5.30. The molecule has 0 bridgehead atoms. The van der Waals surface area contributed by atoms with Crippen LogP contribution in [0.4, 0.5) is 20.1 Å². The lowest BCUT2D eigenvalue weighted by molar-refractivity contribution is 0.0599. The number of hydrogen-bond acceptors (Lipinski definition) is 6. The quantitative estimate of drug-likeness (QED) is 0.496. The Kier molecular flexibility index (Phi) is 7.92. The lowest BCUT2D eigenvalue weighted by atomic mass is 9.81. The van der Waals surface area contributed by atoms with Gasteiger partial charge in [-0.05, 0) is 78.1 Å². The first-order chi connectivity index (χ1) is 19.1. The smallest absolute Gasteiger partial charge is 0.435 e. The fourth-order valence-corrected chi connectivity index (χ4v) is 6.42. The zero-order valence-corrected chi connectivity index (χ0v) is 24.9. The summed E-state index contributed by atoms with van der Waals surface area (Å²) in [4.78, 5) is 45.5. The SMILES string of the molecule is CC(C)S(=O)(=O)c1ccc(-c2ccccc2N2C(=O)NC(=NC(=O)OC(C)(C)C)[C@]23CCN(C(=O)O)[C@@H](C)C3)cc1. The molecule has 12 heteroatoms. The van der Waals surface area contributed by atoms with Gasteiger partial charge in [-0.3, -0.25) is 10.2 Å². The number of nitrogens with zero attached hydrogens (tertiary/aromatic N) is 3. The number of carbonyl (C=O) groups excluding carboxylic acids is 2. The molecule has 2 aromatic carbocycles. The minimum atomic E-state index is -3.47. The molecule has 0 aromatic heterocycles. The van der Waals surface area contributed by atoms with E-state index in [2.05, 4.69) is 10.3 Å². The summed E-state index contributed by atoms with van der Waals surface area (Å²) in [5.74, 6) is 0.0989. The molecule has 2 N–H and O–H groups in total. The van der Waals surface area contributed by atoms with Crippen molar-refractivity contribution < 1.29 is 32.6 Å². The third-order valence-corrected chi connectivity index (χ3v) is 9.50. The molecule has 2 aliphatic heterocycles. The molecule has 0 aliphatic carbocycles. The molecule has 11 nitrogen and oxygen atoms in total. The summed E-state index contributed by atoms with van der Waals surface area (Å²) in [6.07, 6.45) is -1.57. The van der Waals surface area contributed by atoms with E-state index in [1.54, 1.807) is 82.8 Å². The number of amides is 4. The number of anilines is 1. The van der Waals surface area contributed by atoms with Crippen molar-refractivity contribution in [1.82, 2.24) is 10.2 Å². The average Bonchev–Trinajstić information content (AvgIpc) is 3.12. The van der Waals surface area contributed by atoms with E-state index >= 15 is 0 Å². The molecule has 0 unspecified atom stereocenters. The summed E-state index contributed by atoms with van der Waals surface area (Å²) in [5.41, 5.74) is -0.119. The van der Waals surface area contributed by atoms with E-state index < -0.39 is 50.5 Å². The summed E-state index contributed by atoms with van der Waals surface area (Å²) < 4.78 is 30.7. The second-order valence-electron chi connectivity index (χ2n) is 11.7. The summed E-state index contributed by atoms with van der Waals surface area (Å²) in [5, 5.41) is 11.9. The molecular weight excluding hydrogens is 548 g/mol. The van der Waals surface area contributed by atoms with Gasteiger partial charge in [-0.25, -0.2) is 22.8 Å². The summed E-state index contributed by atoms with van der Waals surface area (Å²) in [7, 11) is -3.47. The average molecular weight is 585 g/mol. The van der Waals surface area contributed by atoms with E-state index in [1.807, 2.05) is 12.1 Å². The van der Waals surface area contributed by atoms with Crippen LogP contribution < -0.4 is 10.2 Å². The number of nitrogens with one attached hydrogen (secondary N) is 1. The summed E-state index contributed by atoms with van der Waals surface area (Å²) in [6, 6.07) is 12.6. The summed E-state index contributed by atoms with van der Waals surface area (Å²) in [6.45, 7) is 10.2. The van der Waals surface area contributed by atoms with Gasteiger partial charge in [0.05, 0.1) is 15.8 Å². The van der Waals surface area contributed by atoms with Gasteiger partial charge in [0, 0.05) is 18.2 Å². The van der Waals surface area contributed by atoms with Crippen molar-refractivity contribution in [1.29, 1.82) is 0 Å². The van der Waals surface area contributed by atoms with Crippen LogP contribution >= 0.6 is 0 Å². The van der Waals surface area contributed by atoms with Crippen LogP contribution in [0.25, 0.3) is 11.1 Å². The van der Waals surface area contributed by atoms with Gasteiger partial charge in [0.25, 0.3) is 0 Å². The van der Waals surface area contributed by atoms with Crippen LogP contribution in [0.15, 0.2) is 58.4 Å². The first-order valence-electron chi connectivity index (χ1n) is 13.4. The van der Waals surface area contributed by atoms with Crippen molar-refractivity contribution in [2.24, 2.45) is 4.99 Å². The van der Waals surface area contributed by atoms with Gasteiger partial charge in [-0.15, -0.1) is 0 Å². The Morgan fingerprint density at radius 2 is 1.76 bits per heavy atom. The Balaban J connectivity index is 1.83. The fraction of sp³-hybridized carbons (Fsp3) is 0.448. The number of likely N-dealkylation sites (tertiary alicyclic amines) is 1. The molecule has 2 saturated heterocycles. The molecule has 2 fully saturated rings. The van der Waals surface area contributed by atoms with E-state index in [0.29, 0.717) is 16.8 Å². The Morgan fingerprint density at radius 1 is 1.12 bits per heavy atom. The van der Waals surface area contributed by atoms with Gasteiger partial charge < -0.3 is 14.7 Å². The molecule has 4 amide bonds. The van der Waals surface area contributed by atoms with Gasteiger partial charge in [-0.2, -0.15) is 4.99 Å². The topological polar surface area (TPSA) is 146 Å². The van der Waals surface area contributed by atoms with Gasteiger partial charge in [-0.1, -0.05) is 30.3 Å². The van der Waals surface area contributed by atoms with Crippen LogP contribution in [0.5, 0.6) is 0 Å². The van der Waals surface area contributed by atoms with Gasteiger partial charge >= 0.3 is 18.2 Å². The maximum Gasteiger partial charge on any atom is 0.435 e. The molecule has 220 valence electrons. The highest BCUT2D eigenvalue weighted by Crippen LogP contribution is 2.43. The van der Waals surface area contributed by atoms with E-state index in [4.69, 9.17) is 4.74 Å². The Labute approximate surface area is 240 Å². The van der Waals surface area contributed by atoms with E-state index in [-0.39, 0.29) is 30.1 Å². The van der Waals surface area contributed by atoms with Crippen LogP contribution in [0, 0.1) is 0 Å². The third kappa shape index (κ3) is 5.79. The van der Waals surface area contributed by atoms with Crippen LogP contribution in [0.1, 0.15) is 54.4 Å². The highest BCUT2D eigenvalue weighted by molar-refractivity contribution is 7.92. The van der Waals surface area contributed by atoms with Gasteiger partial charge in [0.1, 0.15) is 17.0 Å². The number of para-hydroxylation sites is 1. The van der Waals surface area contributed by atoms with Crippen LogP contribution in [0.2, 0.25) is 0 Å². The molecular formula is C29H36N4O7S. The van der Waals surface area contributed by atoms with E-state index in [1.165, 1.54) is 4.90 Å². The number of benzene rings is 2. The second kappa shape index (κ2) is 10.8. The first-order valence-corrected chi connectivity index (χ1v) is 15.0. The Bertz CT molecular complexity index is 1500. The van der Waals surface area contributed by atoms with Crippen LogP contribution in [-0.4, -0.2) is 71.5 Å². The van der Waals surface area contributed by atoms with Crippen molar-refractivity contribution in [3.05, 3.63) is 48.5 Å². The van der Waals surface area contributed by atoms with Crippen LogP contribution in [0.3, 0.4) is 0 Å². The molecule has 0 radical (unpaired) electrons. The Morgan fingerprint density at radius 3 is 2.32 bits per heavy atom. The largest absolute Gasteiger partial charge is 0.465 e. The molecule has 1 spiro atoms. The van der Waals surface area contributed by atoms with Crippen LogP contribution in [-0.2, 0) is 14.6 Å². The number of hydrogen-bond donors (Lipinski definition) is 2. The van der Waals surface area contributed by atoms with Gasteiger partial charge in [0.15, 0.2) is 9.84 Å². The minimum absolute atomic E-state index is 0.0989. The molecule has 4 rings (SSSR count). The molecule has 0 saturated carbocycles. The highest BCUT2D eigenvalue weighted by Gasteiger charge is 2.56. The number of aliphatic imine (C=N–C) groups is 1. The van der Waals surface area contributed by atoms with E-state index in [9.17, 15) is 27.9 Å². The number of rotatable bonds is 4. The number of carboxylic acid groups (broad SMARTS) is 1. The maximum atomic E-state index is 13.7. The van der Waals surface area contributed by atoms with Crippen molar-refractivity contribution in [2.75, 3.05) is 11.4 Å². The second-order valence-corrected chi connectivity index (χ2v) is 14.2. The minimum Gasteiger partial charge on any atom is -0.465 e. The normalized spacial score (nSPS) is 22.4. The van der Waals surface area contributed by atoms with E-state index in [0.717, 1.165) is 0 Å². The maximum absolute atomic E-state index is 13.7. The lowest BCUT2D eigenvalue weighted by Crippen LogP contribution is -2.60. The lowest BCUT2D eigenvalue weighted by Gasteiger charge is -2.46. The molecule has 41 heavy (non-hydrogen) atoms. The highest BCUT2D eigenvalue weighted by atomic mass is 32.2. The fourth-order valence-electron chi connectivity index (χ4n) is 5.36. The number of sulfone groups is 1. The monoisotopic (exact) mass is 584 g/mol. The number of carbonyl (C=O) groups is 3. The van der Waals surface area contributed by atoms with Crippen molar-refractivity contribution in [2.45, 2.75) is 81.7 Å². The first kappa shape index (κ1) is 30.0. The third-order valence-electron chi connectivity index (χ3n) is 7.33. The molecule has 2 aromatic rings. The Hall–Kier alpha value is -3.93. The zero-order chi connectivity index (χ0) is 30.3. The van der Waals surface area contributed by atoms with Crippen molar-refractivity contribution >= 4 is 39.6 Å². The van der Waals surface area contributed by atoms with Crippen molar-refractivity contribution in [3.63, 3.8) is 0 Å².